The lowest BCUT2D eigenvalue weighted by molar-refractivity contribution is -0.119. The molecule has 0 saturated heterocycles. The Morgan fingerprint density at radius 3 is 2.62 bits per heavy atom. The second-order valence-electron chi connectivity index (χ2n) is 5.22. The molecule has 0 spiro atoms. The molecule has 2 heterocycles. The number of hydrogen-bond donors (Lipinski definition) is 1. The van der Waals surface area contributed by atoms with Crippen LogP contribution in [0.1, 0.15) is 31.5 Å². The lowest BCUT2D eigenvalue weighted by Gasteiger charge is -2.10. The lowest BCUT2D eigenvalue weighted by Crippen LogP contribution is -2.20. The molecule has 1 saturated carbocycles. The van der Waals surface area contributed by atoms with E-state index in [-0.39, 0.29) is 24.2 Å². The van der Waals surface area contributed by atoms with Crippen LogP contribution in [0.15, 0.2) is 30.7 Å². The summed E-state index contributed by atoms with van der Waals surface area (Å²) in [4.78, 5) is 20.6. The van der Waals surface area contributed by atoms with Gasteiger partial charge in [-0.05, 0) is 31.9 Å². The quantitative estimate of drug-likeness (QED) is 0.947. The highest BCUT2D eigenvalue weighted by atomic mass is 35.5. The minimum atomic E-state index is 0. The number of hydrogen-bond acceptors (Lipinski definition) is 3. The summed E-state index contributed by atoms with van der Waals surface area (Å²) >= 11 is 0. The summed E-state index contributed by atoms with van der Waals surface area (Å²) < 4.78 is 1.91. The maximum atomic E-state index is 12.0. The standard InChI is InChI=1S/C15H18N4O.ClH/c1-11-16-8-9-19(11)14-7-6-13(10-17-14)18-15(20)12-4-2-3-5-12;/h6-10,12H,2-5H2,1H3,(H,18,20);1H. The molecule has 21 heavy (non-hydrogen) atoms. The summed E-state index contributed by atoms with van der Waals surface area (Å²) in [6, 6.07) is 3.77. The minimum Gasteiger partial charge on any atom is -0.324 e. The van der Waals surface area contributed by atoms with Gasteiger partial charge in [-0.2, -0.15) is 0 Å². The van der Waals surface area contributed by atoms with Crippen LogP contribution in [0.2, 0.25) is 0 Å². The smallest absolute Gasteiger partial charge is 0.227 e. The number of halogens is 1. The summed E-state index contributed by atoms with van der Waals surface area (Å²) in [5.74, 6) is 1.99. The van der Waals surface area contributed by atoms with Crippen molar-refractivity contribution in [2.75, 3.05) is 5.32 Å². The number of anilines is 1. The predicted octanol–water partition coefficient (Wildman–Crippen LogP) is 3.13. The van der Waals surface area contributed by atoms with Crippen molar-refractivity contribution in [2.45, 2.75) is 32.6 Å². The van der Waals surface area contributed by atoms with E-state index in [1.165, 1.54) is 0 Å². The van der Waals surface area contributed by atoms with Gasteiger partial charge in [0.05, 0.1) is 11.9 Å². The number of carbonyl (C=O) groups is 1. The van der Waals surface area contributed by atoms with Gasteiger partial charge in [0.25, 0.3) is 0 Å². The van der Waals surface area contributed by atoms with E-state index in [4.69, 9.17) is 0 Å². The maximum absolute atomic E-state index is 12.0. The molecule has 1 amide bonds. The van der Waals surface area contributed by atoms with Gasteiger partial charge in [-0.1, -0.05) is 12.8 Å². The number of pyridine rings is 1. The lowest BCUT2D eigenvalue weighted by atomic mass is 10.1. The average molecular weight is 307 g/mol. The Bertz CT molecular complexity index is 602. The van der Waals surface area contributed by atoms with Gasteiger partial charge in [-0.3, -0.25) is 9.36 Å². The third-order valence-electron chi connectivity index (χ3n) is 3.81. The fourth-order valence-corrected chi connectivity index (χ4v) is 2.65. The van der Waals surface area contributed by atoms with Crippen molar-refractivity contribution < 1.29 is 4.79 Å². The van der Waals surface area contributed by atoms with E-state index in [0.29, 0.717) is 0 Å². The third-order valence-corrected chi connectivity index (χ3v) is 3.81. The second kappa shape index (κ2) is 6.72. The van der Waals surface area contributed by atoms with Crippen molar-refractivity contribution >= 4 is 24.0 Å². The molecule has 5 nitrogen and oxygen atoms in total. The Kier molecular flexibility index (Phi) is 4.96. The van der Waals surface area contributed by atoms with Crippen molar-refractivity contribution in [1.82, 2.24) is 14.5 Å². The number of nitrogens with one attached hydrogen (secondary N) is 1. The predicted molar refractivity (Wildman–Crippen MR) is 83.9 cm³/mol. The zero-order chi connectivity index (χ0) is 13.9. The summed E-state index contributed by atoms with van der Waals surface area (Å²) in [6.45, 7) is 1.93. The number of imidazole rings is 1. The molecule has 0 bridgehead atoms. The van der Waals surface area contributed by atoms with Crippen molar-refractivity contribution in [1.29, 1.82) is 0 Å². The molecule has 3 rings (SSSR count). The SMILES string of the molecule is Cc1nccn1-c1ccc(NC(=O)C2CCCC2)cn1.Cl. The van der Waals surface area contributed by atoms with E-state index >= 15 is 0 Å². The van der Waals surface area contributed by atoms with Crippen LogP contribution in [0, 0.1) is 12.8 Å². The van der Waals surface area contributed by atoms with Gasteiger partial charge >= 0.3 is 0 Å². The molecular formula is C15H19ClN4O. The van der Waals surface area contributed by atoms with Gasteiger partial charge in [0.15, 0.2) is 0 Å². The molecule has 1 aliphatic carbocycles. The van der Waals surface area contributed by atoms with E-state index in [1.807, 2.05) is 29.8 Å². The number of nitrogens with zero attached hydrogens (tertiary/aromatic N) is 3. The maximum Gasteiger partial charge on any atom is 0.227 e. The molecule has 2 aromatic heterocycles. The molecule has 0 aromatic carbocycles. The zero-order valence-corrected chi connectivity index (χ0v) is 12.8. The third kappa shape index (κ3) is 3.42. The van der Waals surface area contributed by atoms with Crippen LogP contribution >= 0.6 is 12.4 Å². The largest absolute Gasteiger partial charge is 0.324 e. The topological polar surface area (TPSA) is 59.8 Å². The minimum absolute atomic E-state index is 0. The molecule has 0 atom stereocenters. The van der Waals surface area contributed by atoms with E-state index in [9.17, 15) is 4.79 Å². The number of rotatable bonds is 3. The van der Waals surface area contributed by atoms with Crippen LogP contribution < -0.4 is 5.32 Å². The number of aryl methyl sites for hydroxylation is 1. The van der Waals surface area contributed by atoms with Gasteiger partial charge in [-0.15, -0.1) is 12.4 Å². The molecule has 0 aliphatic heterocycles. The summed E-state index contributed by atoms with van der Waals surface area (Å²) in [5.41, 5.74) is 0.753. The Labute approximate surface area is 130 Å². The van der Waals surface area contributed by atoms with E-state index in [0.717, 1.165) is 43.0 Å². The molecule has 1 aliphatic rings. The van der Waals surface area contributed by atoms with Crippen LogP contribution in [-0.2, 0) is 4.79 Å². The van der Waals surface area contributed by atoms with E-state index in [1.54, 1.807) is 12.4 Å². The highest BCUT2D eigenvalue weighted by molar-refractivity contribution is 5.92. The first kappa shape index (κ1) is 15.5. The first-order chi connectivity index (χ1) is 9.74. The first-order valence-electron chi connectivity index (χ1n) is 7.01. The monoisotopic (exact) mass is 306 g/mol. The number of aromatic nitrogens is 3. The molecule has 0 radical (unpaired) electrons. The Morgan fingerprint density at radius 2 is 2.05 bits per heavy atom. The van der Waals surface area contributed by atoms with E-state index in [2.05, 4.69) is 15.3 Å². The molecule has 2 aromatic rings. The van der Waals surface area contributed by atoms with Crippen LogP contribution in [0.25, 0.3) is 5.82 Å². The molecule has 1 fully saturated rings. The Morgan fingerprint density at radius 1 is 1.29 bits per heavy atom. The highest BCUT2D eigenvalue weighted by Crippen LogP contribution is 2.26. The molecule has 0 unspecified atom stereocenters. The van der Waals surface area contributed by atoms with Gasteiger partial charge in [0.1, 0.15) is 11.6 Å². The normalized spacial score (nSPS) is 14.7. The number of amides is 1. The van der Waals surface area contributed by atoms with Gasteiger partial charge < -0.3 is 5.32 Å². The highest BCUT2D eigenvalue weighted by Gasteiger charge is 2.22. The molecule has 1 N–H and O–H groups in total. The molecule has 6 heteroatoms. The van der Waals surface area contributed by atoms with Crippen molar-refractivity contribution in [3.8, 4) is 5.82 Å². The van der Waals surface area contributed by atoms with Crippen LogP contribution in [0.3, 0.4) is 0 Å². The van der Waals surface area contributed by atoms with Crippen LogP contribution in [-0.4, -0.2) is 20.4 Å². The Hall–Kier alpha value is -1.88. The summed E-state index contributed by atoms with van der Waals surface area (Å²) in [6.07, 6.45) is 9.64. The van der Waals surface area contributed by atoms with Gasteiger partial charge in [0, 0.05) is 18.3 Å². The van der Waals surface area contributed by atoms with Crippen molar-refractivity contribution in [3.63, 3.8) is 0 Å². The fourth-order valence-electron chi connectivity index (χ4n) is 2.65. The summed E-state index contributed by atoms with van der Waals surface area (Å²) in [5, 5.41) is 2.94. The number of carbonyl (C=O) groups excluding carboxylic acids is 1. The van der Waals surface area contributed by atoms with E-state index < -0.39 is 0 Å². The zero-order valence-electron chi connectivity index (χ0n) is 12.0. The van der Waals surface area contributed by atoms with Crippen LogP contribution in [0.4, 0.5) is 5.69 Å². The van der Waals surface area contributed by atoms with Crippen LogP contribution in [0.5, 0.6) is 0 Å². The Balaban J connectivity index is 0.00000161. The van der Waals surface area contributed by atoms with Crippen molar-refractivity contribution in [2.24, 2.45) is 5.92 Å². The average Bonchev–Trinajstić information content (AvgIpc) is 3.11. The summed E-state index contributed by atoms with van der Waals surface area (Å²) in [7, 11) is 0. The molecule has 112 valence electrons. The molecular weight excluding hydrogens is 288 g/mol. The van der Waals surface area contributed by atoms with Gasteiger partial charge in [-0.25, -0.2) is 9.97 Å². The second-order valence-corrected chi connectivity index (χ2v) is 5.22. The van der Waals surface area contributed by atoms with Gasteiger partial charge in [0.2, 0.25) is 5.91 Å². The first-order valence-corrected chi connectivity index (χ1v) is 7.01. The van der Waals surface area contributed by atoms with Crippen molar-refractivity contribution in [3.05, 3.63) is 36.5 Å². The fraction of sp³-hybridized carbons (Fsp3) is 0.400.